The topological polar surface area (TPSA) is 27.7 Å². The van der Waals surface area contributed by atoms with E-state index in [0.717, 1.165) is 43.2 Å². The van der Waals surface area contributed by atoms with Crippen molar-refractivity contribution in [3.8, 4) is 5.75 Å². The first-order valence-electron chi connectivity index (χ1n) is 15.8. The van der Waals surface area contributed by atoms with E-state index < -0.39 is 7.94 Å². The maximum Gasteiger partial charge on any atom is 0.492 e. The summed E-state index contributed by atoms with van der Waals surface area (Å²) in [5.41, 5.74) is 1.30. The maximum absolute atomic E-state index is 6.79. The fourth-order valence-electron chi connectivity index (χ4n) is 4.74. The zero-order valence-corrected chi connectivity index (χ0v) is 25.7. The maximum atomic E-state index is 6.79. The molecule has 0 atom stereocenters. The molecule has 38 heavy (non-hydrogen) atoms. The van der Waals surface area contributed by atoms with Crippen LogP contribution in [0.4, 0.5) is 0 Å². The van der Waals surface area contributed by atoms with Crippen LogP contribution in [0.5, 0.6) is 5.75 Å². The zero-order chi connectivity index (χ0) is 27.2. The largest absolute Gasteiger partial charge is 0.492 e. The molecule has 0 radical (unpaired) electrons. The van der Waals surface area contributed by atoms with E-state index >= 15 is 0 Å². The lowest BCUT2D eigenvalue weighted by atomic mass is 10.1. The fourth-order valence-corrected chi connectivity index (χ4v) is 7.24. The lowest BCUT2D eigenvalue weighted by Crippen LogP contribution is -2.25. The van der Waals surface area contributed by atoms with Gasteiger partial charge in [-0.2, -0.15) is 9.05 Å². The number of unbranched alkanes of at least 4 members (excludes halogenated alkanes) is 13. The molecule has 2 aromatic carbocycles. The first-order chi connectivity index (χ1) is 18.8. The van der Waals surface area contributed by atoms with Gasteiger partial charge in [-0.1, -0.05) is 141 Å². The molecule has 4 heteroatoms. The van der Waals surface area contributed by atoms with Crippen molar-refractivity contribution in [3.05, 3.63) is 60.2 Å². The molecule has 3 nitrogen and oxygen atoms in total. The third-order valence-electron chi connectivity index (χ3n) is 7.07. The highest BCUT2D eigenvalue weighted by molar-refractivity contribution is 7.70. The summed E-state index contributed by atoms with van der Waals surface area (Å²) in [6.07, 6.45) is 21.0. The van der Waals surface area contributed by atoms with Gasteiger partial charge in [0.1, 0.15) is 0 Å². The van der Waals surface area contributed by atoms with E-state index in [9.17, 15) is 0 Å². The molecule has 0 saturated heterocycles. The monoisotopic (exact) mass is 543 g/mol. The van der Waals surface area contributed by atoms with E-state index in [-0.39, 0.29) is 0 Å². The molecule has 0 amide bonds. The normalized spacial score (nSPS) is 11.7. The number of aryl methyl sites for hydroxylation is 1. The van der Waals surface area contributed by atoms with Gasteiger partial charge in [-0.3, -0.25) is 4.52 Å². The van der Waals surface area contributed by atoms with Crippen molar-refractivity contribution in [2.24, 2.45) is 0 Å². The molecule has 0 aromatic heterocycles. The summed E-state index contributed by atoms with van der Waals surface area (Å²) in [6, 6.07) is 18.8. The van der Waals surface area contributed by atoms with Gasteiger partial charge < -0.3 is 0 Å². The van der Waals surface area contributed by atoms with Crippen molar-refractivity contribution in [2.75, 3.05) is 13.2 Å². The Kier molecular flexibility index (Phi) is 18.5. The smallest absolute Gasteiger partial charge is 0.281 e. The molecule has 0 N–H and O–H groups in total. The molecular weight excluding hydrogens is 487 g/mol. The minimum atomic E-state index is -2.78. The highest BCUT2D eigenvalue weighted by atomic mass is 31.2. The van der Waals surface area contributed by atoms with Crippen molar-refractivity contribution in [3.63, 3.8) is 0 Å². The van der Waals surface area contributed by atoms with E-state index in [1.165, 1.54) is 82.6 Å². The SMILES string of the molecule is CCCCCCCCCO[P+](OCCCCCCCCC)(Oc1ccccc1)c1ccccc1CCCC. The summed E-state index contributed by atoms with van der Waals surface area (Å²) in [7, 11) is -2.78. The standard InChI is InChI=1S/C34H56O3P/c1-4-7-10-12-14-16-23-30-35-38(37-33-27-19-18-20-28-33,36-31-24-17-15-13-11-8-5-2)34-29-22-21-26-32(34)25-9-6-3/h18-22,26-29H,4-17,23-25,30-31H2,1-3H3/q+1. The second kappa shape index (κ2) is 21.4. The van der Waals surface area contributed by atoms with Gasteiger partial charge in [-0.05, 0) is 43.9 Å². The van der Waals surface area contributed by atoms with E-state index in [4.69, 9.17) is 13.6 Å². The van der Waals surface area contributed by atoms with Crippen LogP contribution in [0.15, 0.2) is 54.6 Å². The van der Waals surface area contributed by atoms with E-state index in [1.807, 2.05) is 30.3 Å². The first-order valence-corrected chi connectivity index (χ1v) is 17.3. The van der Waals surface area contributed by atoms with Gasteiger partial charge in [0, 0.05) is 5.56 Å². The van der Waals surface area contributed by atoms with Crippen LogP contribution in [0.25, 0.3) is 0 Å². The molecule has 0 unspecified atom stereocenters. The predicted molar refractivity (Wildman–Crippen MR) is 167 cm³/mol. The second-order valence-electron chi connectivity index (χ2n) is 10.5. The molecule has 2 aromatic rings. The van der Waals surface area contributed by atoms with Gasteiger partial charge in [0.2, 0.25) is 0 Å². The highest BCUT2D eigenvalue weighted by Crippen LogP contribution is 2.61. The summed E-state index contributed by atoms with van der Waals surface area (Å²) in [4.78, 5) is 0. The number of hydrogen-bond donors (Lipinski definition) is 0. The number of rotatable bonds is 24. The molecule has 2 rings (SSSR count). The lowest BCUT2D eigenvalue weighted by Gasteiger charge is -2.24. The van der Waals surface area contributed by atoms with Crippen LogP contribution in [0.2, 0.25) is 0 Å². The zero-order valence-electron chi connectivity index (χ0n) is 24.8. The van der Waals surface area contributed by atoms with E-state index in [0.29, 0.717) is 13.2 Å². The summed E-state index contributed by atoms with van der Waals surface area (Å²) < 4.78 is 20.4. The first kappa shape index (κ1) is 32.8. The van der Waals surface area contributed by atoms with Crippen LogP contribution in [0.3, 0.4) is 0 Å². The molecule has 0 fully saturated rings. The number of hydrogen-bond acceptors (Lipinski definition) is 3. The Morgan fingerprint density at radius 3 is 1.53 bits per heavy atom. The fraction of sp³-hybridized carbons (Fsp3) is 0.647. The van der Waals surface area contributed by atoms with Crippen LogP contribution in [-0.4, -0.2) is 13.2 Å². The van der Waals surface area contributed by atoms with Gasteiger partial charge in [0.25, 0.3) is 0 Å². The molecular formula is C34H56O3P+. The summed E-state index contributed by atoms with van der Waals surface area (Å²) in [6.45, 7) is 8.14. The molecule has 0 saturated carbocycles. The summed E-state index contributed by atoms with van der Waals surface area (Å²) in [5, 5.41) is 1.13. The Balaban J connectivity index is 2.16. The quantitative estimate of drug-likeness (QED) is 0.0973. The van der Waals surface area contributed by atoms with Crippen LogP contribution < -0.4 is 9.83 Å². The molecule has 0 spiro atoms. The van der Waals surface area contributed by atoms with Crippen molar-refractivity contribution in [2.45, 2.75) is 130 Å². The molecule has 0 aliphatic carbocycles. The minimum Gasteiger partial charge on any atom is -0.281 e. The van der Waals surface area contributed by atoms with Gasteiger partial charge in [0.05, 0.1) is 13.2 Å². The Morgan fingerprint density at radius 2 is 0.974 bits per heavy atom. The van der Waals surface area contributed by atoms with Crippen molar-refractivity contribution >= 4 is 13.2 Å². The minimum absolute atomic E-state index is 0.674. The second-order valence-corrected chi connectivity index (χ2v) is 12.7. The van der Waals surface area contributed by atoms with Crippen LogP contribution in [0.1, 0.15) is 129 Å². The average molecular weight is 544 g/mol. The molecule has 0 aliphatic heterocycles. The van der Waals surface area contributed by atoms with Crippen molar-refractivity contribution in [1.29, 1.82) is 0 Å². The Hall–Kier alpha value is -1.41. The van der Waals surface area contributed by atoms with Crippen molar-refractivity contribution in [1.82, 2.24) is 0 Å². The lowest BCUT2D eigenvalue weighted by molar-refractivity contribution is 0.185. The van der Waals surface area contributed by atoms with Crippen LogP contribution in [0, 0.1) is 0 Å². The molecule has 0 aliphatic rings. The Morgan fingerprint density at radius 1 is 0.500 bits per heavy atom. The average Bonchev–Trinajstić information content (AvgIpc) is 2.95. The number of para-hydroxylation sites is 1. The van der Waals surface area contributed by atoms with Gasteiger partial charge in [-0.25, -0.2) is 0 Å². The third kappa shape index (κ3) is 13.1. The number of benzene rings is 2. The molecule has 0 bridgehead atoms. The predicted octanol–water partition coefficient (Wildman–Crippen LogP) is 11.0. The van der Waals surface area contributed by atoms with E-state index in [1.54, 1.807) is 0 Å². The Bertz CT molecular complexity index is 790. The van der Waals surface area contributed by atoms with Gasteiger partial charge >= 0.3 is 7.94 Å². The van der Waals surface area contributed by atoms with Gasteiger partial charge in [0.15, 0.2) is 11.1 Å². The third-order valence-corrected chi connectivity index (χ3v) is 9.60. The molecule has 0 heterocycles. The van der Waals surface area contributed by atoms with Gasteiger partial charge in [-0.15, -0.1) is 0 Å². The summed E-state index contributed by atoms with van der Waals surface area (Å²) >= 11 is 0. The van der Waals surface area contributed by atoms with E-state index in [2.05, 4.69) is 45.0 Å². The van der Waals surface area contributed by atoms with Crippen LogP contribution >= 0.6 is 7.94 Å². The molecule has 214 valence electrons. The van der Waals surface area contributed by atoms with Crippen molar-refractivity contribution < 1.29 is 13.6 Å². The Labute approximate surface area is 235 Å². The van der Waals surface area contributed by atoms with Crippen LogP contribution in [-0.2, 0) is 15.5 Å². The summed E-state index contributed by atoms with van der Waals surface area (Å²) in [5.74, 6) is 0.824. The highest BCUT2D eigenvalue weighted by Gasteiger charge is 2.51.